The summed E-state index contributed by atoms with van der Waals surface area (Å²) < 4.78 is 5.57. The summed E-state index contributed by atoms with van der Waals surface area (Å²) in [5.74, 6) is -0.0155. The van der Waals surface area contributed by atoms with Gasteiger partial charge in [-0.1, -0.05) is 48.3 Å². The van der Waals surface area contributed by atoms with Crippen molar-refractivity contribution in [3.05, 3.63) is 64.1 Å². The first kappa shape index (κ1) is 21.1. The molecule has 0 fully saturated rings. The lowest BCUT2D eigenvalue weighted by molar-refractivity contribution is -0.142. The van der Waals surface area contributed by atoms with Gasteiger partial charge in [-0.25, -0.2) is 0 Å². The van der Waals surface area contributed by atoms with Crippen molar-refractivity contribution >= 4 is 35.0 Å². The number of hydrogen-bond acceptors (Lipinski definition) is 3. The smallest absolute Gasteiger partial charge is 0.261 e. The topological polar surface area (TPSA) is 58.6 Å². The molecule has 7 heteroatoms. The molecule has 0 aliphatic heterocycles. The molecule has 0 radical (unpaired) electrons. The molecule has 0 bridgehead atoms. The summed E-state index contributed by atoms with van der Waals surface area (Å²) in [6.45, 7) is 1.95. The Balaban J connectivity index is 2.17. The molecule has 0 saturated carbocycles. The maximum atomic E-state index is 12.9. The molecule has 5 nitrogen and oxygen atoms in total. The highest BCUT2D eigenvalue weighted by molar-refractivity contribution is 6.30. The Hall–Kier alpha value is -2.24. The first-order chi connectivity index (χ1) is 12.9. The van der Waals surface area contributed by atoms with Crippen molar-refractivity contribution < 1.29 is 14.3 Å². The van der Waals surface area contributed by atoms with Crippen molar-refractivity contribution in [2.75, 3.05) is 13.7 Å². The second kappa shape index (κ2) is 10.2. The zero-order chi connectivity index (χ0) is 19.8. The molecule has 144 valence electrons. The SMILES string of the molecule is CC[C@H](C(=O)NC)N(Cc1ccc(Cl)cc1)C(=O)COc1cccc(Cl)c1. The summed E-state index contributed by atoms with van der Waals surface area (Å²) in [6, 6.07) is 13.4. The van der Waals surface area contributed by atoms with Gasteiger partial charge in [0.25, 0.3) is 5.91 Å². The van der Waals surface area contributed by atoms with E-state index in [1.165, 1.54) is 4.90 Å². The molecule has 0 heterocycles. The van der Waals surface area contributed by atoms with E-state index in [0.717, 1.165) is 5.56 Å². The lowest BCUT2D eigenvalue weighted by atomic mass is 10.1. The number of carbonyl (C=O) groups excluding carboxylic acids is 2. The number of amides is 2. The first-order valence-corrected chi connectivity index (χ1v) is 9.34. The van der Waals surface area contributed by atoms with Crippen LogP contribution >= 0.6 is 23.2 Å². The van der Waals surface area contributed by atoms with Crippen LogP contribution in [-0.2, 0) is 16.1 Å². The second-order valence-electron chi connectivity index (χ2n) is 5.93. The molecule has 0 saturated heterocycles. The monoisotopic (exact) mass is 408 g/mol. The Kier molecular flexibility index (Phi) is 7.95. The summed E-state index contributed by atoms with van der Waals surface area (Å²) in [5.41, 5.74) is 0.873. The summed E-state index contributed by atoms with van der Waals surface area (Å²) in [6.07, 6.45) is 0.482. The Morgan fingerprint density at radius 3 is 2.41 bits per heavy atom. The molecule has 1 N–H and O–H groups in total. The molecule has 0 aliphatic rings. The van der Waals surface area contributed by atoms with E-state index in [9.17, 15) is 9.59 Å². The average molecular weight is 409 g/mol. The van der Waals surface area contributed by atoms with E-state index in [1.54, 1.807) is 43.4 Å². The molecular weight excluding hydrogens is 387 g/mol. The van der Waals surface area contributed by atoms with Gasteiger partial charge in [-0.2, -0.15) is 0 Å². The predicted molar refractivity (Wildman–Crippen MR) is 107 cm³/mol. The Morgan fingerprint density at radius 2 is 1.81 bits per heavy atom. The molecule has 2 aromatic carbocycles. The van der Waals surface area contributed by atoms with Gasteiger partial charge >= 0.3 is 0 Å². The van der Waals surface area contributed by atoms with E-state index in [-0.39, 0.29) is 25.0 Å². The third-order valence-electron chi connectivity index (χ3n) is 4.06. The molecular formula is C20H22Cl2N2O3. The predicted octanol–water partition coefficient (Wildman–Crippen LogP) is 3.93. The number of carbonyl (C=O) groups is 2. The maximum absolute atomic E-state index is 12.9. The van der Waals surface area contributed by atoms with Gasteiger partial charge in [0, 0.05) is 23.6 Å². The number of halogens is 2. The van der Waals surface area contributed by atoms with Crippen molar-refractivity contribution in [3.63, 3.8) is 0 Å². The van der Waals surface area contributed by atoms with E-state index in [4.69, 9.17) is 27.9 Å². The molecule has 0 aromatic heterocycles. The third kappa shape index (κ3) is 6.15. The maximum Gasteiger partial charge on any atom is 0.261 e. The second-order valence-corrected chi connectivity index (χ2v) is 6.81. The number of nitrogens with one attached hydrogen (secondary N) is 1. The Labute approximate surface area is 169 Å². The highest BCUT2D eigenvalue weighted by atomic mass is 35.5. The first-order valence-electron chi connectivity index (χ1n) is 8.58. The summed E-state index contributed by atoms with van der Waals surface area (Å²) in [4.78, 5) is 26.6. The molecule has 27 heavy (non-hydrogen) atoms. The zero-order valence-electron chi connectivity index (χ0n) is 15.2. The highest BCUT2D eigenvalue weighted by Crippen LogP contribution is 2.18. The number of benzene rings is 2. The van der Waals surface area contributed by atoms with Crippen LogP contribution in [0.4, 0.5) is 0 Å². The fraction of sp³-hybridized carbons (Fsp3) is 0.300. The van der Waals surface area contributed by atoms with Crippen LogP contribution in [0.3, 0.4) is 0 Å². The van der Waals surface area contributed by atoms with Gasteiger partial charge in [0.2, 0.25) is 5.91 Å². The highest BCUT2D eigenvalue weighted by Gasteiger charge is 2.28. The molecule has 2 rings (SSSR count). The summed E-state index contributed by atoms with van der Waals surface area (Å²) in [5, 5.41) is 3.75. The average Bonchev–Trinajstić information content (AvgIpc) is 2.67. The quantitative estimate of drug-likeness (QED) is 0.719. The Bertz CT molecular complexity index is 781. The van der Waals surface area contributed by atoms with Crippen LogP contribution in [0.15, 0.2) is 48.5 Å². The minimum Gasteiger partial charge on any atom is -0.484 e. The molecule has 0 unspecified atom stereocenters. The largest absolute Gasteiger partial charge is 0.484 e. The van der Waals surface area contributed by atoms with Crippen molar-refractivity contribution in [2.24, 2.45) is 0 Å². The molecule has 1 atom stereocenters. The number of rotatable bonds is 8. The summed E-state index contributed by atoms with van der Waals surface area (Å²) >= 11 is 11.9. The molecule has 2 aromatic rings. The van der Waals surface area contributed by atoms with Crippen molar-refractivity contribution in [1.82, 2.24) is 10.2 Å². The standard InChI is InChI=1S/C20H22Cl2N2O3/c1-3-18(20(26)23-2)24(12-14-7-9-15(21)10-8-14)19(25)13-27-17-6-4-5-16(22)11-17/h4-11,18H,3,12-13H2,1-2H3,(H,23,26)/t18-/m1/s1. The lowest BCUT2D eigenvalue weighted by Crippen LogP contribution is -2.49. The normalized spacial score (nSPS) is 11.6. The third-order valence-corrected chi connectivity index (χ3v) is 4.54. The van der Waals surface area contributed by atoms with E-state index in [2.05, 4.69) is 5.32 Å². The van der Waals surface area contributed by atoms with Crippen LogP contribution in [0.25, 0.3) is 0 Å². The van der Waals surface area contributed by atoms with E-state index in [0.29, 0.717) is 22.2 Å². The van der Waals surface area contributed by atoms with Gasteiger partial charge in [-0.3, -0.25) is 9.59 Å². The minimum absolute atomic E-state index is 0.193. The van der Waals surface area contributed by atoms with E-state index >= 15 is 0 Å². The zero-order valence-corrected chi connectivity index (χ0v) is 16.8. The molecule has 0 spiro atoms. The van der Waals surface area contributed by atoms with Crippen LogP contribution < -0.4 is 10.1 Å². The molecule has 2 amide bonds. The molecule has 0 aliphatic carbocycles. The van der Waals surface area contributed by atoms with Gasteiger partial charge in [0.1, 0.15) is 11.8 Å². The van der Waals surface area contributed by atoms with Crippen LogP contribution in [-0.4, -0.2) is 36.4 Å². The fourth-order valence-electron chi connectivity index (χ4n) is 2.66. The Morgan fingerprint density at radius 1 is 1.11 bits per heavy atom. The lowest BCUT2D eigenvalue weighted by Gasteiger charge is -2.30. The van der Waals surface area contributed by atoms with Crippen LogP contribution in [0.5, 0.6) is 5.75 Å². The number of hydrogen-bond donors (Lipinski definition) is 1. The van der Waals surface area contributed by atoms with Crippen molar-refractivity contribution in [3.8, 4) is 5.75 Å². The van der Waals surface area contributed by atoms with Gasteiger partial charge in [0.05, 0.1) is 0 Å². The van der Waals surface area contributed by atoms with E-state index in [1.807, 2.05) is 19.1 Å². The minimum atomic E-state index is -0.596. The van der Waals surface area contributed by atoms with Crippen molar-refractivity contribution in [1.29, 1.82) is 0 Å². The van der Waals surface area contributed by atoms with E-state index < -0.39 is 6.04 Å². The van der Waals surface area contributed by atoms with Crippen LogP contribution in [0.1, 0.15) is 18.9 Å². The van der Waals surface area contributed by atoms with Gasteiger partial charge in [-0.15, -0.1) is 0 Å². The van der Waals surface area contributed by atoms with Gasteiger partial charge in [-0.05, 0) is 42.3 Å². The fourth-order valence-corrected chi connectivity index (χ4v) is 2.96. The van der Waals surface area contributed by atoms with Crippen molar-refractivity contribution in [2.45, 2.75) is 25.9 Å². The number of nitrogens with zero attached hydrogens (tertiary/aromatic N) is 1. The summed E-state index contributed by atoms with van der Waals surface area (Å²) in [7, 11) is 1.55. The van der Waals surface area contributed by atoms with Gasteiger partial charge < -0.3 is 15.0 Å². The van der Waals surface area contributed by atoms with Crippen LogP contribution in [0.2, 0.25) is 10.0 Å². The number of ether oxygens (including phenoxy) is 1. The number of likely N-dealkylation sites (N-methyl/N-ethyl adjacent to an activating group) is 1. The van der Waals surface area contributed by atoms with Gasteiger partial charge in [0.15, 0.2) is 6.61 Å². The van der Waals surface area contributed by atoms with Crippen LogP contribution in [0, 0.1) is 0 Å².